The lowest BCUT2D eigenvalue weighted by molar-refractivity contribution is 0.112. The maximum absolute atomic E-state index is 4.65. The van der Waals surface area contributed by atoms with Gasteiger partial charge in [-0.2, -0.15) is 0 Å². The first kappa shape index (κ1) is 14.3. The van der Waals surface area contributed by atoms with E-state index in [-0.39, 0.29) is 0 Å². The van der Waals surface area contributed by atoms with Crippen molar-refractivity contribution in [3.8, 4) is 5.82 Å². The van der Waals surface area contributed by atoms with E-state index in [9.17, 15) is 0 Å². The van der Waals surface area contributed by atoms with Gasteiger partial charge in [-0.3, -0.25) is 9.47 Å². The summed E-state index contributed by atoms with van der Waals surface area (Å²) in [5.74, 6) is 1.91. The van der Waals surface area contributed by atoms with Crippen LogP contribution in [-0.2, 0) is 0 Å². The van der Waals surface area contributed by atoms with Gasteiger partial charge in [-0.1, -0.05) is 12.5 Å². The van der Waals surface area contributed by atoms with E-state index in [1.807, 2.05) is 30.1 Å². The van der Waals surface area contributed by atoms with Crippen LogP contribution in [0.2, 0.25) is 0 Å². The van der Waals surface area contributed by atoms with Gasteiger partial charge in [-0.25, -0.2) is 9.97 Å². The molecule has 0 bridgehead atoms. The molecule has 1 saturated heterocycles. The van der Waals surface area contributed by atoms with E-state index < -0.39 is 0 Å². The van der Waals surface area contributed by atoms with Crippen molar-refractivity contribution in [1.82, 2.24) is 19.4 Å². The normalized spacial score (nSPS) is 20.1. The van der Waals surface area contributed by atoms with E-state index in [1.54, 1.807) is 0 Å². The van der Waals surface area contributed by atoms with Crippen molar-refractivity contribution in [2.75, 3.05) is 6.54 Å². The standard InChI is InChI=1S/C17H24N4/c1-13(2)20-10-5-4-6-16(20)15-7-8-17(19-12-15)21-11-9-18-14(21)3/h7-9,11-13,16H,4-6,10H2,1-3H3. The van der Waals surface area contributed by atoms with Crippen molar-refractivity contribution < 1.29 is 0 Å². The molecule has 21 heavy (non-hydrogen) atoms. The Hall–Kier alpha value is -1.68. The molecule has 0 aromatic carbocycles. The van der Waals surface area contributed by atoms with Crippen molar-refractivity contribution in [1.29, 1.82) is 0 Å². The number of hydrogen-bond donors (Lipinski definition) is 0. The summed E-state index contributed by atoms with van der Waals surface area (Å²) in [5, 5.41) is 0. The Morgan fingerprint density at radius 1 is 1.19 bits per heavy atom. The molecular weight excluding hydrogens is 260 g/mol. The number of aryl methyl sites for hydroxylation is 1. The number of likely N-dealkylation sites (tertiary alicyclic amines) is 1. The average molecular weight is 284 g/mol. The van der Waals surface area contributed by atoms with E-state index in [4.69, 9.17) is 0 Å². The van der Waals surface area contributed by atoms with Crippen LogP contribution in [0.3, 0.4) is 0 Å². The third kappa shape index (κ3) is 2.86. The van der Waals surface area contributed by atoms with Gasteiger partial charge in [-0.05, 0) is 51.8 Å². The molecule has 2 aromatic rings. The fourth-order valence-corrected chi connectivity index (χ4v) is 3.29. The van der Waals surface area contributed by atoms with Crippen molar-refractivity contribution in [2.24, 2.45) is 0 Å². The summed E-state index contributed by atoms with van der Waals surface area (Å²) in [7, 11) is 0. The van der Waals surface area contributed by atoms with Crippen molar-refractivity contribution >= 4 is 0 Å². The predicted molar refractivity (Wildman–Crippen MR) is 84.5 cm³/mol. The summed E-state index contributed by atoms with van der Waals surface area (Å²) in [6, 6.07) is 5.44. The maximum Gasteiger partial charge on any atom is 0.137 e. The molecular formula is C17H24N4. The quantitative estimate of drug-likeness (QED) is 0.865. The second-order valence-corrected chi connectivity index (χ2v) is 6.14. The van der Waals surface area contributed by atoms with Crippen LogP contribution >= 0.6 is 0 Å². The molecule has 3 rings (SSSR count). The Labute approximate surface area is 126 Å². The minimum Gasteiger partial charge on any atom is -0.294 e. The fraction of sp³-hybridized carbons (Fsp3) is 0.529. The molecule has 0 radical (unpaired) electrons. The zero-order valence-electron chi connectivity index (χ0n) is 13.2. The third-order valence-electron chi connectivity index (χ3n) is 4.44. The Bertz CT molecular complexity index is 585. The molecule has 0 saturated carbocycles. The summed E-state index contributed by atoms with van der Waals surface area (Å²) in [4.78, 5) is 11.5. The van der Waals surface area contributed by atoms with Crippen LogP contribution < -0.4 is 0 Å². The first-order valence-corrected chi connectivity index (χ1v) is 7.89. The van der Waals surface area contributed by atoms with Gasteiger partial charge in [0.25, 0.3) is 0 Å². The van der Waals surface area contributed by atoms with Crippen LogP contribution in [0.4, 0.5) is 0 Å². The van der Waals surface area contributed by atoms with Crippen molar-refractivity contribution in [3.63, 3.8) is 0 Å². The van der Waals surface area contributed by atoms with Crippen molar-refractivity contribution in [2.45, 2.75) is 52.1 Å². The van der Waals surface area contributed by atoms with Gasteiger partial charge in [0, 0.05) is 30.7 Å². The second kappa shape index (κ2) is 5.98. The number of aromatic nitrogens is 3. The molecule has 4 nitrogen and oxygen atoms in total. The summed E-state index contributed by atoms with van der Waals surface area (Å²) in [5.41, 5.74) is 1.34. The lowest BCUT2D eigenvalue weighted by atomic mass is 9.95. The molecule has 1 unspecified atom stereocenters. The number of rotatable bonds is 3. The van der Waals surface area contributed by atoms with Crippen LogP contribution in [0, 0.1) is 6.92 Å². The monoisotopic (exact) mass is 284 g/mol. The lowest BCUT2D eigenvalue weighted by Crippen LogP contribution is -2.38. The predicted octanol–water partition coefficient (Wildman–Crippen LogP) is 3.51. The van der Waals surface area contributed by atoms with Crippen LogP contribution in [0.1, 0.15) is 50.5 Å². The number of nitrogens with zero attached hydrogens (tertiary/aromatic N) is 4. The van der Waals surface area contributed by atoms with Gasteiger partial charge < -0.3 is 0 Å². The first-order chi connectivity index (χ1) is 10.2. The highest BCUT2D eigenvalue weighted by Crippen LogP contribution is 2.32. The van der Waals surface area contributed by atoms with Gasteiger partial charge >= 0.3 is 0 Å². The van der Waals surface area contributed by atoms with Gasteiger partial charge in [0.2, 0.25) is 0 Å². The lowest BCUT2D eigenvalue weighted by Gasteiger charge is -2.38. The zero-order chi connectivity index (χ0) is 14.8. The number of piperidine rings is 1. The number of pyridine rings is 1. The highest BCUT2D eigenvalue weighted by molar-refractivity contribution is 5.28. The Morgan fingerprint density at radius 3 is 2.67 bits per heavy atom. The minimum atomic E-state index is 0.518. The molecule has 4 heteroatoms. The van der Waals surface area contributed by atoms with Gasteiger partial charge in [0.1, 0.15) is 11.6 Å². The molecule has 1 aliphatic rings. The summed E-state index contributed by atoms with van der Waals surface area (Å²) in [6.07, 6.45) is 9.68. The maximum atomic E-state index is 4.65. The topological polar surface area (TPSA) is 34.0 Å². The number of imidazole rings is 1. The van der Waals surface area contributed by atoms with Crippen LogP contribution in [0.15, 0.2) is 30.7 Å². The molecule has 0 spiro atoms. The number of hydrogen-bond acceptors (Lipinski definition) is 3. The van der Waals surface area contributed by atoms with Crippen LogP contribution in [0.5, 0.6) is 0 Å². The molecule has 112 valence electrons. The summed E-state index contributed by atoms with van der Waals surface area (Å²) < 4.78 is 2.02. The highest BCUT2D eigenvalue weighted by Gasteiger charge is 2.25. The molecule has 1 aliphatic heterocycles. The van der Waals surface area contributed by atoms with E-state index in [0.29, 0.717) is 12.1 Å². The first-order valence-electron chi connectivity index (χ1n) is 7.89. The molecule has 1 fully saturated rings. The Kier molecular flexibility index (Phi) is 4.06. The molecule has 0 amide bonds. The van der Waals surface area contributed by atoms with E-state index in [0.717, 1.165) is 11.6 Å². The smallest absolute Gasteiger partial charge is 0.137 e. The van der Waals surface area contributed by atoms with Gasteiger partial charge in [0.15, 0.2) is 0 Å². The third-order valence-corrected chi connectivity index (χ3v) is 4.44. The second-order valence-electron chi connectivity index (χ2n) is 6.14. The Balaban J connectivity index is 1.85. The van der Waals surface area contributed by atoms with Gasteiger partial charge in [0.05, 0.1) is 0 Å². The fourth-order valence-electron chi connectivity index (χ4n) is 3.29. The van der Waals surface area contributed by atoms with Crippen molar-refractivity contribution in [3.05, 3.63) is 42.1 Å². The summed E-state index contributed by atoms with van der Waals surface area (Å²) in [6.45, 7) is 7.77. The Morgan fingerprint density at radius 2 is 2.05 bits per heavy atom. The molecule has 0 N–H and O–H groups in total. The summed E-state index contributed by atoms with van der Waals surface area (Å²) >= 11 is 0. The van der Waals surface area contributed by atoms with E-state index >= 15 is 0 Å². The van der Waals surface area contributed by atoms with Crippen LogP contribution in [0.25, 0.3) is 5.82 Å². The molecule has 0 aliphatic carbocycles. The molecule has 1 atom stereocenters. The van der Waals surface area contributed by atoms with Crippen LogP contribution in [-0.4, -0.2) is 32.0 Å². The zero-order valence-corrected chi connectivity index (χ0v) is 13.2. The largest absolute Gasteiger partial charge is 0.294 e. The minimum absolute atomic E-state index is 0.518. The van der Waals surface area contributed by atoms with Gasteiger partial charge in [-0.15, -0.1) is 0 Å². The molecule has 2 aromatic heterocycles. The SMILES string of the molecule is Cc1nccn1-c1ccc(C2CCCCN2C(C)C)cn1. The van der Waals surface area contributed by atoms with E-state index in [2.05, 4.69) is 40.8 Å². The molecule has 3 heterocycles. The van der Waals surface area contributed by atoms with E-state index in [1.165, 1.54) is 31.4 Å². The average Bonchev–Trinajstić information content (AvgIpc) is 2.93. The highest BCUT2D eigenvalue weighted by atomic mass is 15.2.